The fourth-order valence-corrected chi connectivity index (χ4v) is 2.80. The molecule has 0 aliphatic rings. The first-order valence-corrected chi connectivity index (χ1v) is 8.91. The fourth-order valence-electron chi connectivity index (χ4n) is 2.61. The van der Waals surface area contributed by atoms with E-state index < -0.39 is 0 Å². The van der Waals surface area contributed by atoms with Crippen LogP contribution in [-0.2, 0) is 0 Å². The molecule has 6 heteroatoms. The van der Waals surface area contributed by atoms with Gasteiger partial charge in [-0.2, -0.15) is 5.10 Å². The van der Waals surface area contributed by atoms with Gasteiger partial charge in [-0.05, 0) is 24.3 Å². The lowest BCUT2D eigenvalue weighted by molar-refractivity contribution is -0.856. The summed E-state index contributed by atoms with van der Waals surface area (Å²) in [6.07, 6.45) is 0. The van der Waals surface area contributed by atoms with Crippen molar-refractivity contribution in [3.63, 3.8) is 0 Å². The fraction of sp³-hybridized carbons (Fsp3) is 0.200. The highest BCUT2D eigenvalue weighted by Crippen LogP contribution is 2.23. The molecule has 1 heterocycles. The molecule has 3 aromatic rings. The summed E-state index contributed by atoms with van der Waals surface area (Å²) in [6.45, 7) is 1.45. The maximum Gasteiger partial charge on any atom is 0.270 e. The highest BCUT2D eigenvalue weighted by atomic mass is 35.5. The maximum atomic E-state index is 12.7. The summed E-state index contributed by atoms with van der Waals surface area (Å²) in [5, 5.41) is 8.21. The summed E-state index contributed by atoms with van der Waals surface area (Å²) in [4.78, 5) is 14.0. The lowest BCUT2D eigenvalue weighted by Crippen LogP contribution is -3.06. The molecule has 1 aromatic heterocycles. The highest BCUT2D eigenvalue weighted by molar-refractivity contribution is 6.30. The van der Waals surface area contributed by atoms with Crippen molar-refractivity contribution < 1.29 is 9.69 Å². The minimum absolute atomic E-state index is 0.152. The zero-order valence-electron chi connectivity index (χ0n) is 14.9. The minimum Gasteiger partial charge on any atom is -0.345 e. The number of nitrogens with zero attached hydrogens (tertiary/aromatic N) is 2. The number of carbonyl (C=O) groups excluding carboxylic acids is 1. The SMILES string of the molecule is C[NH+](C)CCNC(=O)c1cc(-c2ccccc2)nn1-c1cccc(Cl)c1. The van der Waals surface area contributed by atoms with Gasteiger partial charge < -0.3 is 10.2 Å². The molecule has 1 amide bonds. The Bertz CT molecular complexity index is 890. The smallest absolute Gasteiger partial charge is 0.270 e. The molecule has 0 aliphatic heterocycles. The van der Waals surface area contributed by atoms with E-state index in [2.05, 4.69) is 24.5 Å². The summed E-state index contributed by atoms with van der Waals surface area (Å²) in [5.74, 6) is -0.152. The van der Waals surface area contributed by atoms with Crippen molar-refractivity contribution in [1.29, 1.82) is 0 Å². The summed E-state index contributed by atoms with van der Waals surface area (Å²) >= 11 is 6.12. The van der Waals surface area contributed by atoms with Gasteiger partial charge in [0.1, 0.15) is 5.69 Å². The van der Waals surface area contributed by atoms with Crippen LogP contribution in [0.25, 0.3) is 16.9 Å². The Balaban J connectivity index is 1.98. The summed E-state index contributed by atoms with van der Waals surface area (Å²) in [7, 11) is 4.10. The predicted octanol–water partition coefficient (Wildman–Crippen LogP) is 2.07. The number of hydrogen-bond donors (Lipinski definition) is 2. The molecule has 0 fully saturated rings. The molecule has 0 spiro atoms. The Hall–Kier alpha value is -2.63. The average molecular weight is 370 g/mol. The first-order chi connectivity index (χ1) is 12.5. The maximum absolute atomic E-state index is 12.7. The van der Waals surface area contributed by atoms with Crippen molar-refractivity contribution in [3.8, 4) is 16.9 Å². The van der Waals surface area contributed by atoms with E-state index in [1.54, 1.807) is 16.8 Å². The van der Waals surface area contributed by atoms with Crippen molar-refractivity contribution in [2.45, 2.75) is 0 Å². The Morgan fingerprint density at radius 1 is 1.12 bits per heavy atom. The third-order valence-electron chi connectivity index (χ3n) is 3.97. The number of quaternary nitrogens is 1. The van der Waals surface area contributed by atoms with Gasteiger partial charge in [0.2, 0.25) is 0 Å². The van der Waals surface area contributed by atoms with Gasteiger partial charge in [0.25, 0.3) is 5.91 Å². The lowest BCUT2D eigenvalue weighted by atomic mass is 10.1. The molecule has 0 radical (unpaired) electrons. The number of aromatic nitrogens is 2. The first-order valence-electron chi connectivity index (χ1n) is 8.53. The first kappa shape index (κ1) is 18.2. The largest absolute Gasteiger partial charge is 0.345 e. The molecule has 3 rings (SSSR count). The summed E-state index contributed by atoms with van der Waals surface area (Å²) in [6, 6.07) is 18.9. The van der Waals surface area contributed by atoms with Crippen LogP contribution < -0.4 is 10.2 Å². The molecule has 26 heavy (non-hydrogen) atoms. The highest BCUT2D eigenvalue weighted by Gasteiger charge is 2.17. The molecule has 0 bridgehead atoms. The Morgan fingerprint density at radius 2 is 1.88 bits per heavy atom. The standard InChI is InChI=1S/C20H21ClN4O/c1-24(2)12-11-22-20(26)19-14-18(15-7-4-3-5-8-15)23-25(19)17-10-6-9-16(21)13-17/h3-10,13-14H,11-12H2,1-2H3,(H,22,26)/p+1. The van der Waals surface area contributed by atoms with Crippen LogP contribution in [0.3, 0.4) is 0 Å². The van der Waals surface area contributed by atoms with Gasteiger partial charge in [0.05, 0.1) is 38.6 Å². The van der Waals surface area contributed by atoms with Gasteiger partial charge in [0, 0.05) is 10.6 Å². The molecule has 0 saturated carbocycles. The topological polar surface area (TPSA) is 51.4 Å². The number of benzene rings is 2. The number of amides is 1. The van der Waals surface area contributed by atoms with Crippen molar-refractivity contribution in [2.24, 2.45) is 0 Å². The molecule has 134 valence electrons. The van der Waals surface area contributed by atoms with Gasteiger partial charge in [0.15, 0.2) is 0 Å². The van der Waals surface area contributed by atoms with Gasteiger partial charge in [-0.15, -0.1) is 0 Å². The van der Waals surface area contributed by atoms with Gasteiger partial charge in [-0.3, -0.25) is 4.79 Å². The van der Waals surface area contributed by atoms with E-state index >= 15 is 0 Å². The Labute approximate surface area is 158 Å². The number of carbonyl (C=O) groups is 1. The van der Waals surface area contributed by atoms with Gasteiger partial charge >= 0.3 is 0 Å². The van der Waals surface area contributed by atoms with Crippen LogP contribution in [0.15, 0.2) is 60.7 Å². The Morgan fingerprint density at radius 3 is 2.58 bits per heavy atom. The van der Waals surface area contributed by atoms with Crippen LogP contribution in [-0.4, -0.2) is 42.9 Å². The third-order valence-corrected chi connectivity index (χ3v) is 4.21. The zero-order valence-corrected chi connectivity index (χ0v) is 15.6. The molecule has 5 nitrogen and oxygen atoms in total. The van der Waals surface area contributed by atoms with E-state index in [1.165, 1.54) is 4.90 Å². The predicted molar refractivity (Wildman–Crippen MR) is 104 cm³/mol. The quantitative estimate of drug-likeness (QED) is 0.699. The normalized spacial score (nSPS) is 10.9. The van der Waals surface area contributed by atoms with E-state index in [4.69, 9.17) is 11.6 Å². The zero-order chi connectivity index (χ0) is 18.5. The van der Waals surface area contributed by atoms with E-state index in [0.29, 0.717) is 17.3 Å². The molecular weight excluding hydrogens is 348 g/mol. The molecule has 2 aromatic carbocycles. The van der Waals surface area contributed by atoms with Gasteiger partial charge in [-0.1, -0.05) is 48.0 Å². The number of likely N-dealkylation sites (N-methyl/N-ethyl adjacent to an activating group) is 1. The summed E-state index contributed by atoms with van der Waals surface area (Å²) < 4.78 is 1.64. The van der Waals surface area contributed by atoms with Crippen LogP contribution in [0.2, 0.25) is 5.02 Å². The number of rotatable bonds is 6. The van der Waals surface area contributed by atoms with Gasteiger partial charge in [-0.25, -0.2) is 4.68 Å². The van der Waals surface area contributed by atoms with Crippen molar-refractivity contribution in [2.75, 3.05) is 27.2 Å². The number of hydrogen-bond acceptors (Lipinski definition) is 2. The van der Waals surface area contributed by atoms with Crippen LogP contribution in [0.5, 0.6) is 0 Å². The molecule has 0 atom stereocenters. The van der Waals surface area contributed by atoms with Crippen LogP contribution in [0.4, 0.5) is 0 Å². The molecular formula is C20H22ClN4O+. The second kappa shape index (κ2) is 8.17. The minimum atomic E-state index is -0.152. The average Bonchev–Trinajstić information content (AvgIpc) is 3.07. The molecule has 0 unspecified atom stereocenters. The number of halogens is 1. The second-order valence-electron chi connectivity index (χ2n) is 6.39. The van der Waals surface area contributed by atoms with Crippen molar-refractivity contribution >= 4 is 17.5 Å². The Kier molecular flexibility index (Phi) is 5.71. The van der Waals surface area contributed by atoms with Crippen molar-refractivity contribution in [3.05, 3.63) is 71.4 Å². The second-order valence-corrected chi connectivity index (χ2v) is 6.82. The van der Waals surface area contributed by atoms with Crippen LogP contribution in [0, 0.1) is 0 Å². The third kappa shape index (κ3) is 4.31. The van der Waals surface area contributed by atoms with Crippen LogP contribution >= 0.6 is 11.6 Å². The monoisotopic (exact) mass is 369 g/mol. The summed E-state index contributed by atoms with van der Waals surface area (Å²) in [5.41, 5.74) is 2.94. The molecule has 2 N–H and O–H groups in total. The van der Waals surface area contributed by atoms with E-state index in [-0.39, 0.29) is 5.91 Å². The van der Waals surface area contributed by atoms with Crippen LogP contribution in [0.1, 0.15) is 10.5 Å². The lowest BCUT2D eigenvalue weighted by Gasteiger charge is -2.10. The number of nitrogens with one attached hydrogen (secondary N) is 2. The van der Waals surface area contributed by atoms with E-state index in [0.717, 1.165) is 23.5 Å². The molecule has 0 aliphatic carbocycles. The van der Waals surface area contributed by atoms with E-state index in [9.17, 15) is 4.79 Å². The molecule has 0 saturated heterocycles. The van der Waals surface area contributed by atoms with E-state index in [1.807, 2.05) is 48.5 Å². The van der Waals surface area contributed by atoms with Crippen molar-refractivity contribution in [1.82, 2.24) is 15.1 Å².